The summed E-state index contributed by atoms with van der Waals surface area (Å²) < 4.78 is 48.5. The molecule has 0 unspecified atom stereocenters. The molecule has 5 rings (SSSR count). The first-order valence-corrected chi connectivity index (χ1v) is 17.5. The number of carbonyl (C=O) groups excluding carboxylic acids is 4. The number of hydrogen-bond acceptors (Lipinski definition) is 11. The van der Waals surface area contributed by atoms with Crippen molar-refractivity contribution in [2.45, 2.75) is 81.6 Å². The van der Waals surface area contributed by atoms with E-state index in [1.165, 1.54) is 24.3 Å². The molecular formula is C35H40ClF3N8O6. The number of anilines is 3. The summed E-state index contributed by atoms with van der Waals surface area (Å²) in [4.78, 5) is 62.6. The van der Waals surface area contributed by atoms with Gasteiger partial charge in [0.25, 0.3) is 5.91 Å². The average molecular weight is 761 g/mol. The van der Waals surface area contributed by atoms with Crippen LogP contribution in [0.25, 0.3) is 0 Å². The highest BCUT2D eigenvalue weighted by atomic mass is 35.5. The van der Waals surface area contributed by atoms with Gasteiger partial charge in [-0.25, -0.2) is 4.79 Å². The van der Waals surface area contributed by atoms with Crippen molar-refractivity contribution in [2.75, 3.05) is 30.9 Å². The topological polar surface area (TPSA) is 186 Å². The fourth-order valence-electron chi connectivity index (χ4n) is 5.82. The third-order valence-electron chi connectivity index (χ3n) is 8.79. The molecule has 2 saturated carbocycles. The largest absolute Gasteiger partial charge is 0.467 e. The predicted molar refractivity (Wildman–Crippen MR) is 188 cm³/mol. The zero-order valence-electron chi connectivity index (χ0n) is 28.9. The van der Waals surface area contributed by atoms with Crippen molar-refractivity contribution in [1.82, 2.24) is 30.9 Å². The SMILES string of the molecule is COC(=O)[C@H](CCNC(=O)C(=O)NC1CCCCCC1)NC(=O)c1ccc(Nc2nc(NC3(c4ccc(Cl)cc4)CC3)nc(OCC(F)(F)F)n2)cc1. The number of hydrogen-bond donors (Lipinski definition) is 5. The fourth-order valence-corrected chi connectivity index (χ4v) is 5.95. The van der Waals surface area contributed by atoms with Gasteiger partial charge in [0.05, 0.1) is 12.6 Å². The molecule has 0 aliphatic heterocycles. The van der Waals surface area contributed by atoms with Gasteiger partial charge in [-0.3, -0.25) is 14.4 Å². The Balaban J connectivity index is 1.19. The van der Waals surface area contributed by atoms with Gasteiger partial charge < -0.3 is 36.1 Å². The minimum Gasteiger partial charge on any atom is -0.467 e. The molecule has 284 valence electrons. The minimum atomic E-state index is -4.63. The molecule has 0 radical (unpaired) electrons. The summed E-state index contributed by atoms with van der Waals surface area (Å²) in [6, 6.07) is 11.3. The van der Waals surface area contributed by atoms with E-state index in [2.05, 4.69) is 41.5 Å². The molecule has 53 heavy (non-hydrogen) atoms. The minimum absolute atomic E-state index is 0.0200. The van der Waals surface area contributed by atoms with E-state index >= 15 is 0 Å². The maximum absolute atomic E-state index is 13.1. The number of methoxy groups -OCH3 is 1. The van der Waals surface area contributed by atoms with Crippen LogP contribution in [0.2, 0.25) is 5.02 Å². The van der Waals surface area contributed by atoms with Crippen LogP contribution in [0.4, 0.5) is 30.8 Å². The van der Waals surface area contributed by atoms with Crippen LogP contribution in [-0.2, 0) is 24.7 Å². The lowest BCUT2D eigenvalue weighted by atomic mass is 10.1. The number of rotatable bonds is 14. The molecular weight excluding hydrogens is 721 g/mol. The third-order valence-corrected chi connectivity index (χ3v) is 9.04. The van der Waals surface area contributed by atoms with E-state index in [9.17, 15) is 32.3 Å². The van der Waals surface area contributed by atoms with Gasteiger partial charge in [-0.1, -0.05) is 49.4 Å². The number of esters is 1. The maximum Gasteiger partial charge on any atom is 0.422 e. The predicted octanol–water partition coefficient (Wildman–Crippen LogP) is 4.93. The molecule has 3 aromatic rings. The Morgan fingerprint density at radius 1 is 0.906 bits per heavy atom. The van der Waals surface area contributed by atoms with Crippen LogP contribution in [0.3, 0.4) is 0 Å². The quantitative estimate of drug-likeness (QED) is 0.0853. The zero-order chi connectivity index (χ0) is 38.0. The van der Waals surface area contributed by atoms with Crippen molar-refractivity contribution in [3.05, 3.63) is 64.7 Å². The molecule has 5 N–H and O–H groups in total. The Bertz CT molecular complexity index is 1750. The molecule has 18 heteroatoms. The van der Waals surface area contributed by atoms with Crippen LogP contribution < -0.4 is 31.3 Å². The smallest absolute Gasteiger partial charge is 0.422 e. The lowest BCUT2D eigenvalue weighted by Gasteiger charge is -2.19. The van der Waals surface area contributed by atoms with Gasteiger partial charge in [0.1, 0.15) is 6.04 Å². The van der Waals surface area contributed by atoms with Crippen molar-refractivity contribution >= 4 is 52.9 Å². The fraction of sp³-hybridized carbons (Fsp3) is 0.457. The highest BCUT2D eigenvalue weighted by Crippen LogP contribution is 2.48. The zero-order valence-corrected chi connectivity index (χ0v) is 29.6. The van der Waals surface area contributed by atoms with E-state index in [0.29, 0.717) is 23.6 Å². The van der Waals surface area contributed by atoms with Crippen molar-refractivity contribution < 1.29 is 41.8 Å². The second-order valence-corrected chi connectivity index (χ2v) is 13.3. The monoisotopic (exact) mass is 760 g/mol. The Hall–Kier alpha value is -5.19. The van der Waals surface area contributed by atoms with E-state index < -0.39 is 54.1 Å². The highest BCUT2D eigenvalue weighted by molar-refractivity contribution is 6.35. The Morgan fingerprint density at radius 3 is 2.19 bits per heavy atom. The van der Waals surface area contributed by atoms with Crippen LogP contribution in [-0.4, -0.2) is 77.2 Å². The van der Waals surface area contributed by atoms with Crippen molar-refractivity contribution in [3.8, 4) is 6.01 Å². The highest BCUT2D eigenvalue weighted by Gasteiger charge is 2.45. The molecule has 2 aliphatic carbocycles. The van der Waals surface area contributed by atoms with E-state index in [0.717, 1.165) is 51.2 Å². The summed E-state index contributed by atoms with van der Waals surface area (Å²) in [5.41, 5.74) is 0.876. The molecule has 0 saturated heterocycles. The molecule has 3 amide bonds. The normalized spacial score (nSPS) is 15.9. The van der Waals surface area contributed by atoms with E-state index in [1.54, 1.807) is 12.1 Å². The van der Waals surface area contributed by atoms with E-state index in [-0.39, 0.29) is 36.5 Å². The average Bonchev–Trinajstić information content (AvgIpc) is 3.95. The molecule has 1 atom stereocenters. The van der Waals surface area contributed by atoms with Gasteiger partial charge in [0.2, 0.25) is 11.9 Å². The number of alkyl halides is 3. The number of amides is 3. The second kappa shape index (κ2) is 17.6. The maximum atomic E-state index is 13.1. The van der Waals surface area contributed by atoms with Crippen LogP contribution in [0.1, 0.15) is 73.7 Å². The number of nitrogens with zero attached hydrogens (tertiary/aromatic N) is 3. The number of nitrogens with one attached hydrogen (secondary N) is 5. The first kappa shape index (κ1) is 39.0. The Labute approximate surface area is 308 Å². The molecule has 1 heterocycles. The molecule has 2 aromatic carbocycles. The van der Waals surface area contributed by atoms with Crippen LogP contribution >= 0.6 is 11.6 Å². The van der Waals surface area contributed by atoms with E-state index in [1.807, 2.05) is 12.1 Å². The number of carbonyl (C=O) groups is 4. The van der Waals surface area contributed by atoms with Crippen LogP contribution in [0.15, 0.2) is 48.5 Å². The first-order chi connectivity index (χ1) is 25.3. The third kappa shape index (κ3) is 11.7. The van der Waals surface area contributed by atoms with Gasteiger partial charge in [-0.2, -0.15) is 28.1 Å². The van der Waals surface area contributed by atoms with Crippen molar-refractivity contribution in [1.29, 1.82) is 0 Å². The lowest BCUT2D eigenvalue weighted by Crippen LogP contribution is -2.47. The summed E-state index contributed by atoms with van der Waals surface area (Å²) in [6.45, 7) is -1.70. The van der Waals surface area contributed by atoms with Crippen LogP contribution in [0.5, 0.6) is 6.01 Å². The summed E-state index contributed by atoms with van der Waals surface area (Å²) in [6.07, 6.45) is 2.56. The summed E-state index contributed by atoms with van der Waals surface area (Å²) in [5, 5.41) is 14.4. The molecule has 14 nitrogen and oxygen atoms in total. The molecule has 2 fully saturated rings. The summed E-state index contributed by atoms with van der Waals surface area (Å²) >= 11 is 6.03. The first-order valence-electron chi connectivity index (χ1n) is 17.2. The number of aromatic nitrogens is 3. The molecule has 0 spiro atoms. The number of ether oxygens (including phenoxy) is 2. The lowest BCUT2D eigenvalue weighted by molar-refractivity contribution is -0.154. The van der Waals surface area contributed by atoms with Gasteiger partial charge in [0.15, 0.2) is 6.61 Å². The van der Waals surface area contributed by atoms with Crippen LogP contribution in [0, 0.1) is 0 Å². The summed E-state index contributed by atoms with van der Waals surface area (Å²) in [7, 11) is 1.16. The van der Waals surface area contributed by atoms with E-state index in [4.69, 9.17) is 21.1 Å². The van der Waals surface area contributed by atoms with Gasteiger partial charge in [-0.05, 0) is 74.1 Å². The standard InChI is InChI=1S/C35H40ClF3N8O6/c1-52-30(51)26(16-19-40-28(49)29(50)41-24-6-4-2-3-5-7-24)43-27(48)21-8-14-25(15-9-21)42-31-44-32(46-33(45-31)53-20-35(37,38)39)47-34(17-18-34)22-10-12-23(36)13-11-22/h8-15,24,26H,2-7,16-20H2,1H3,(H,40,49)(H,41,50)(H,43,48)(H2,42,44,45,46,47)/t26-/m0/s1. The Kier molecular flexibility index (Phi) is 12.9. The molecule has 2 aliphatic rings. The van der Waals surface area contributed by atoms with Gasteiger partial charge in [-0.15, -0.1) is 0 Å². The number of halogens is 4. The van der Waals surface area contributed by atoms with Gasteiger partial charge >= 0.3 is 30.0 Å². The Morgan fingerprint density at radius 2 is 1.57 bits per heavy atom. The molecule has 0 bridgehead atoms. The molecule has 1 aromatic heterocycles. The van der Waals surface area contributed by atoms with Crippen molar-refractivity contribution in [3.63, 3.8) is 0 Å². The van der Waals surface area contributed by atoms with Crippen molar-refractivity contribution in [2.24, 2.45) is 0 Å². The second-order valence-electron chi connectivity index (χ2n) is 12.8. The number of benzene rings is 2. The summed E-state index contributed by atoms with van der Waals surface area (Å²) in [5.74, 6) is -3.10. The van der Waals surface area contributed by atoms with Gasteiger partial charge in [0, 0.05) is 28.9 Å².